The Bertz CT molecular complexity index is 1670. The van der Waals surface area contributed by atoms with E-state index < -0.39 is 59.8 Å². The summed E-state index contributed by atoms with van der Waals surface area (Å²) in [6.45, 7) is -0.426. The number of carbonyl (C=O) groups is 2. The summed E-state index contributed by atoms with van der Waals surface area (Å²) >= 11 is 0. The van der Waals surface area contributed by atoms with Crippen molar-refractivity contribution in [3.8, 4) is 11.1 Å². The average Bonchev–Trinajstić information content (AvgIpc) is 3.32. The molecule has 0 bridgehead atoms. The molecule has 0 fully saturated rings. The summed E-state index contributed by atoms with van der Waals surface area (Å²) < 4.78 is 71.0. The predicted molar refractivity (Wildman–Crippen MR) is 146 cm³/mol. The van der Waals surface area contributed by atoms with Gasteiger partial charge in [-0.2, -0.15) is 5.10 Å². The summed E-state index contributed by atoms with van der Waals surface area (Å²) in [6.07, 6.45) is -1.64. The number of nitrogens with zero attached hydrogens (tertiary/aromatic N) is 3. The first kappa shape index (κ1) is 30.0. The van der Waals surface area contributed by atoms with Crippen molar-refractivity contribution < 1.29 is 36.6 Å². The van der Waals surface area contributed by atoms with Gasteiger partial charge in [-0.05, 0) is 67.1 Å². The number of ketones is 1. The molecule has 2 heterocycles. The number of Topliss-reactive ketones (excluding diaryl/α,β-unsaturated/α-hetero) is 1. The number of hydrogen-bond donors (Lipinski definition) is 2. The molecule has 12 heteroatoms. The lowest BCUT2D eigenvalue weighted by atomic mass is 9.86. The molecule has 0 spiro atoms. The molecule has 1 aliphatic carbocycles. The van der Waals surface area contributed by atoms with Crippen LogP contribution >= 0.6 is 0 Å². The quantitative estimate of drug-likeness (QED) is 0.226. The molecule has 7 nitrogen and oxygen atoms in total. The lowest BCUT2D eigenvalue weighted by Gasteiger charge is -2.22. The van der Waals surface area contributed by atoms with E-state index >= 15 is 0 Å². The summed E-state index contributed by atoms with van der Waals surface area (Å²) in [5, 5.41) is 14.5. The van der Waals surface area contributed by atoms with Crippen molar-refractivity contribution >= 4 is 11.7 Å². The molecule has 0 radical (unpaired) electrons. The summed E-state index contributed by atoms with van der Waals surface area (Å²) in [7, 11) is 0. The van der Waals surface area contributed by atoms with Crippen LogP contribution in [0.15, 0.2) is 54.7 Å². The summed E-state index contributed by atoms with van der Waals surface area (Å²) in [5.74, 6) is -4.70. The van der Waals surface area contributed by atoms with Gasteiger partial charge >= 0.3 is 0 Å². The molecule has 1 amide bonds. The van der Waals surface area contributed by atoms with Crippen molar-refractivity contribution in [1.82, 2.24) is 14.8 Å². The Labute approximate surface area is 243 Å². The van der Waals surface area contributed by atoms with Crippen molar-refractivity contribution in [3.63, 3.8) is 0 Å². The molecular weight excluding hydrogens is 571 g/mol. The maximum atomic E-state index is 14.2. The first-order chi connectivity index (χ1) is 20.5. The molecule has 2 atom stereocenters. The van der Waals surface area contributed by atoms with Gasteiger partial charge in [-0.3, -0.25) is 19.3 Å². The zero-order valence-corrected chi connectivity index (χ0v) is 22.7. The second kappa shape index (κ2) is 12.4. The maximum absolute atomic E-state index is 14.2. The summed E-state index contributed by atoms with van der Waals surface area (Å²) in [5.41, 5.74) is 6.26. The van der Waals surface area contributed by atoms with Crippen LogP contribution in [0.25, 0.3) is 11.1 Å². The number of primary amides is 1. The van der Waals surface area contributed by atoms with Gasteiger partial charge in [-0.1, -0.05) is 12.1 Å². The van der Waals surface area contributed by atoms with Gasteiger partial charge in [0.25, 0.3) is 12.3 Å². The minimum atomic E-state index is -2.89. The van der Waals surface area contributed by atoms with Crippen LogP contribution in [-0.2, 0) is 24.2 Å². The van der Waals surface area contributed by atoms with E-state index in [1.54, 1.807) is 12.1 Å². The zero-order chi connectivity index (χ0) is 30.8. The molecule has 0 saturated heterocycles. The maximum Gasteiger partial charge on any atom is 0.282 e. The minimum Gasteiger partial charge on any atom is -0.387 e. The molecule has 3 N–H and O–H groups in total. The number of carbonyl (C=O) groups excluding carboxylic acids is 2. The van der Waals surface area contributed by atoms with Crippen LogP contribution in [0.5, 0.6) is 0 Å². The van der Waals surface area contributed by atoms with Gasteiger partial charge in [-0.15, -0.1) is 0 Å². The molecule has 0 aliphatic heterocycles. The largest absolute Gasteiger partial charge is 0.387 e. The number of alkyl halides is 2. The summed E-state index contributed by atoms with van der Waals surface area (Å²) in [4.78, 5) is 29.8. The van der Waals surface area contributed by atoms with Crippen LogP contribution in [0.1, 0.15) is 76.3 Å². The fourth-order valence-corrected chi connectivity index (χ4v) is 5.72. The van der Waals surface area contributed by atoms with Gasteiger partial charge < -0.3 is 10.8 Å². The predicted octanol–water partition coefficient (Wildman–Crippen LogP) is 5.75. The number of fused-ring (bicyclic) bond motifs is 1. The van der Waals surface area contributed by atoms with Gasteiger partial charge in [0.2, 0.25) is 0 Å². The van der Waals surface area contributed by atoms with Gasteiger partial charge in [0, 0.05) is 35.7 Å². The number of rotatable bonds is 10. The van der Waals surface area contributed by atoms with Gasteiger partial charge in [0.1, 0.15) is 23.1 Å². The van der Waals surface area contributed by atoms with Crippen molar-refractivity contribution in [2.24, 2.45) is 5.73 Å². The van der Waals surface area contributed by atoms with Crippen molar-refractivity contribution in [1.29, 1.82) is 0 Å². The van der Waals surface area contributed by atoms with Crippen LogP contribution in [0.3, 0.4) is 0 Å². The normalized spacial score (nSPS) is 15.4. The highest BCUT2D eigenvalue weighted by atomic mass is 19.3. The topological polar surface area (TPSA) is 111 Å². The van der Waals surface area contributed by atoms with Crippen molar-refractivity contribution in [3.05, 3.63) is 106 Å². The van der Waals surface area contributed by atoms with E-state index in [1.807, 2.05) is 0 Å². The van der Waals surface area contributed by atoms with Gasteiger partial charge in [0.15, 0.2) is 5.78 Å². The fourth-order valence-electron chi connectivity index (χ4n) is 5.72. The Hall–Kier alpha value is -4.45. The van der Waals surface area contributed by atoms with Crippen LogP contribution in [0.2, 0.25) is 0 Å². The minimum absolute atomic E-state index is 0.0452. The zero-order valence-electron chi connectivity index (χ0n) is 22.7. The second-order valence-corrected chi connectivity index (χ2v) is 10.5. The highest BCUT2D eigenvalue weighted by molar-refractivity contribution is 5.94. The Morgan fingerprint density at radius 1 is 1.05 bits per heavy atom. The molecule has 0 saturated carbocycles. The fraction of sp³-hybridized carbons (Fsp3) is 0.290. The number of amides is 1. The molecular formula is C31H27F5N4O3. The molecule has 43 heavy (non-hydrogen) atoms. The molecule has 4 aromatic rings. The van der Waals surface area contributed by atoms with E-state index in [-0.39, 0.29) is 35.2 Å². The van der Waals surface area contributed by atoms with E-state index in [0.29, 0.717) is 42.1 Å². The Morgan fingerprint density at radius 2 is 1.79 bits per heavy atom. The third kappa shape index (κ3) is 6.48. The van der Waals surface area contributed by atoms with E-state index in [9.17, 15) is 36.6 Å². The number of benzene rings is 2. The molecule has 2 aromatic heterocycles. The van der Waals surface area contributed by atoms with Gasteiger partial charge in [0.05, 0.1) is 29.6 Å². The molecule has 1 aliphatic rings. The molecule has 224 valence electrons. The second-order valence-electron chi connectivity index (χ2n) is 10.5. The highest BCUT2D eigenvalue weighted by Crippen LogP contribution is 2.37. The number of hydrogen-bond acceptors (Lipinski definition) is 5. The van der Waals surface area contributed by atoms with Crippen LogP contribution in [0, 0.1) is 17.5 Å². The SMILES string of the molecule is NC(=O)c1cc(-c2cccnc2[C@@H](CC(=O)Cn2nc(C(F)F)c3c2C(O)CCC3)Cc2cc(F)cc(F)c2)ccc1F. The standard InChI is InChI=1S/C31H27F5N4O3/c32-19-10-16(11-20(33)14-19)9-18(27-22(4-2-8-38-27)17-6-7-25(34)24(13-17)31(37)43)12-21(41)15-40-29-23(3-1-5-26(29)42)28(39-40)30(35)36/h2,4,6-8,10-11,13-14,18,26,30,42H,1,3,5,9,12,15H2,(H2,37,43)/t18-,26?/m1/s1. The molecule has 5 rings (SSSR count). The summed E-state index contributed by atoms with van der Waals surface area (Å²) in [6, 6.07) is 9.93. The Kier molecular flexibility index (Phi) is 8.67. The smallest absolute Gasteiger partial charge is 0.282 e. The number of aliphatic hydroxyl groups is 1. The number of aliphatic hydroxyl groups excluding tert-OH is 1. The van der Waals surface area contributed by atoms with Crippen LogP contribution < -0.4 is 5.73 Å². The van der Waals surface area contributed by atoms with E-state index in [2.05, 4.69) is 10.1 Å². The van der Waals surface area contributed by atoms with Crippen molar-refractivity contribution in [2.75, 3.05) is 0 Å². The third-order valence-electron chi connectivity index (χ3n) is 7.52. The van der Waals surface area contributed by atoms with E-state index in [0.717, 1.165) is 22.9 Å². The van der Waals surface area contributed by atoms with Gasteiger partial charge in [-0.25, -0.2) is 22.0 Å². The monoisotopic (exact) mass is 598 g/mol. The first-order valence-corrected chi connectivity index (χ1v) is 13.6. The van der Waals surface area contributed by atoms with Crippen molar-refractivity contribution in [2.45, 2.75) is 57.1 Å². The lowest BCUT2D eigenvalue weighted by molar-refractivity contribution is -0.120. The van der Waals surface area contributed by atoms with Crippen LogP contribution in [0.4, 0.5) is 22.0 Å². The van der Waals surface area contributed by atoms with E-state index in [4.69, 9.17) is 5.73 Å². The van der Waals surface area contributed by atoms with E-state index in [1.165, 1.54) is 18.3 Å². The number of nitrogens with two attached hydrogens (primary N) is 1. The lowest BCUT2D eigenvalue weighted by Crippen LogP contribution is -2.21. The molecule has 1 unspecified atom stereocenters. The average molecular weight is 599 g/mol. The third-order valence-corrected chi connectivity index (χ3v) is 7.52. The highest BCUT2D eigenvalue weighted by Gasteiger charge is 2.32. The number of halogens is 5. The first-order valence-electron chi connectivity index (χ1n) is 13.6. The Balaban J connectivity index is 1.53. The van der Waals surface area contributed by atoms with Crippen LogP contribution in [-0.4, -0.2) is 31.6 Å². The number of aromatic nitrogens is 3. The molecule has 2 aromatic carbocycles. The Morgan fingerprint density at radius 3 is 2.49 bits per heavy atom. The number of pyridine rings is 1.